The second-order valence-corrected chi connectivity index (χ2v) is 5.47. The van der Waals surface area contributed by atoms with Crippen LogP contribution in [0.5, 0.6) is 0 Å². The highest BCUT2D eigenvalue weighted by Crippen LogP contribution is 2.37. The van der Waals surface area contributed by atoms with Gasteiger partial charge in [-0.15, -0.1) is 0 Å². The molecule has 1 aliphatic rings. The van der Waals surface area contributed by atoms with Crippen molar-refractivity contribution < 1.29 is 5.11 Å². The Labute approximate surface area is 107 Å². The molecule has 1 aliphatic carbocycles. The summed E-state index contributed by atoms with van der Waals surface area (Å²) in [6.45, 7) is 2.29. The molecule has 1 N–H and O–H groups in total. The number of hydrogen-bond acceptors (Lipinski definition) is 3. The lowest BCUT2D eigenvalue weighted by Crippen LogP contribution is -2.19. The zero-order valence-corrected chi connectivity index (χ0v) is 10.7. The zero-order chi connectivity index (χ0) is 12.5. The van der Waals surface area contributed by atoms with Crippen molar-refractivity contribution in [3.8, 4) is 0 Å². The first kappa shape index (κ1) is 11.7. The van der Waals surface area contributed by atoms with Crippen molar-refractivity contribution in [1.82, 2.24) is 14.6 Å². The average molecular weight is 245 g/mol. The normalized spacial score (nSPS) is 26.3. The van der Waals surface area contributed by atoms with Crippen molar-refractivity contribution >= 4 is 5.52 Å². The van der Waals surface area contributed by atoms with E-state index in [1.54, 1.807) is 23.1 Å². The molecule has 1 saturated carbocycles. The molecule has 1 unspecified atom stereocenters. The van der Waals surface area contributed by atoms with E-state index in [2.05, 4.69) is 17.0 Å². The molecule has 0 radical (unpaired) electrons. The van der Waals surface area contributed by atoms with E-state index in [0.717, 1.165) is 29.8 Å². The van der Waals surface area contributed by atoms with Gasteiger partial charge in [0.15, 0.2) is 0 Å². The van der Waals surface area contributed by atoms with E-state index >= 15 is 0 Å². The topological polar surface area (TPSA) is 50.4 Å². The number of aliphatic hydroxyl groups is 1. The Hall–Kier alpha value is -1.42. The van der Waals surface area contributed by atoms with Gasteiger partial charge in [0.1, 0.15) is 0 Å². The van der Waals surface area contributed by atoms with Crippen molar-refractivity contribution in [3.05, 3.63) is 30.4 Å². The van der Waals surface area contributed by atoms with E-state index in [4.69, 9.17) is 0 Å². The van der Waals surface area contributed by atoms with Gasteiger partial charge in [-0.25, -0.2) is 4.52 Å². The SMILES string of the molecule is CC1CCC(C(O)c2cnn3ccncc23)CC1. The first-order valence-corrected chi connectivity index (χ1v) is 6.71. The predicted molar refractivity (Wildman–Crippen MR) is 69.1 cm³/mol. The van der Waals surface area contributed by atoms with Gasteiger partial charge in [0, 0.05) is 18.0 Å². The van der Waals surface area contributed by atoms with E-state index in [1.165, 1.54) is 12.8 Å². The van der Waals surface area contributed by atoms with Crippen LogP contribution in [-0.4, -0.2) is 19.7 Å². The molecule has 4 nitrogen and oxygen atoms in total. The van der Waals surface area contributed by atoms with Crippen molar-refractivity contribution in [2.24, 2.45) is 11.8 Å². The van der Waals surface area contributed by atoms with Crippen LogP contribution in [0.1, 0.15) is 44.3 Å². The van der Waals surface area contributed by atoms with Crippen LogP contribution >= 0.6 is 0 Å². The van der Waals surface area contributed by atoms with Gasteiger partial charge in [-0.2, -0.15) is 5.10 Å². The highest BCUT2D eigenvalue weighted by atomic mass is 16.3. The van der Waals surface area contributed by atoms with Crippen LogP contribution in [0.15, 0.2) is 24.8 Å². The molecule has 2 aromatic rings. The van der Waals surface area contributed by atoms with Crippen LogP contribution in [0, 0.1) is 11.8 Å². The number of rotatable bonds is 2. The van der Waals surface area contributed by atoms with Crippen LogP contribution in [-0.2, 0) is 0 Å². The van der Waals surface area contributed by atoms with Crippen LogP contribution in [0.2, 0.25) is 0 Å². The van der Waals surface area contributed by atoms with Crippen molar-refractivity contribution in [2.75, 3.05) is 0 Å². The minimum atomic E-state index is -0.404. The van der Waals surface area contributed by atoms with Crippen molar-refractivity contribution in [2.45, 2.75) is 38.7 Å². The fraction of sp³-hybridized carbons (Fsp3) is 0.571. The third kappa shape index (κ3) is 2.01. The molecule has 0 saturated heterocycles. The number of nitrogens with zero attached hydrogens (tertiary/aromatic N) is 3. The van der Waals surface area contributed by atoms with Crippen LogP contribution in [0.3, 0.4) is 0 Å². The van der Waals surface area contributed by atoms with Crippen LogP contribution in [0.25, 0.3) is 5.52 Å². The average Bonchev–Trinajstić information content (AvgIpc) is 2.82. The third-order valence-electron chi connectivity index (χ3n) is 4.18. The molecule has 0 bridgehead atoms. The smallest absolute Gasteiger partial charge is 0.0903 e. The Balaban J connectivity index is 1.85. The summed E-state index contributed by atoms with van der Waals surface area (Å²) in [6, 6.07) is 0. The third-order valence-corrected chi connectivity index (χ3v) is 4.18. The molecule has 96 valence electrons. The molecule has 4 heteroatoms. The van der Waals surface area contributed by atoms with Crippen LogP contribution < -0.4 is 0 Å². The summed E-state index contributed by atoms with van der Waals surface area (Å²) in [6.07, 6.45) is 11.3. The molecule has 0 aromatic carbocycles. The highest BCUT2D eigenvalue weighted by Gasteiger charge is 2.27. The summed E-state index contributed by atoms with van der Waals surface area (Å²) in [5.74, 6) is 1.17. The molecule has 2 aromatic heterocycles. The molecule has 0 spiro atoms. The first-order chi connectivity index (χ1) is 8.75. The van der Waals surface area contributed by atoms with Gasteiger partial charge in [-0.3, -0.25) is 4.98 Å². The van der Waals surface area contributed by atoms with Crippen molar-refractivity contribution in [1.29, 1.82) is 0 Å². The van der Waals surface area contributed by atoms with Crippen LogP contribution in [0.4, 0.5) is 0 Å². The fourth-order valence-corrected chi connectivity index (χ4v) is 2.94. The minimum Gasteiger partial charge on any atom is -0.388 e. The minimum absolute atomic E-state index is 0.370. The second-order valence-electron chi connectivity index (χ2n) is 5.47. The Bertz CT molecular complexity index is 529. The summed E-state index contributed by atoms with van der Waals surface area (Å²) < 4.78 is 1.77. The predicted octanol–water partition coefficient (Wildman–Crippen LogP) is 2.59. The summed E-state index contributed by atoms with van der Waals surface area (Å²) in [5, 5.41) is 14.8. The summed E-state index contributed by atoms with van der Waals surface area (Å²) in [7, 11) is 0. The monoisotopic (exact) mass is 245 g/mol. The largest absolute Gasteiger partial charge is 0.388 e. The molecule has 0 amide bonds. The van der Waals surface area contributed by atoms with Gasteiger partial charge in [-0.1, -0.05) is 19.8 Å². The van der Waals surface area contributed by atoms with Crippen molar-refractivity contribution in [3.63, 3.8) is 0 Å². The maximum atomic E-state index is 10.5. The van der Waals surface area contributed by atoms with Gasteiger partial charge in [-0.05, 0) is 24.7 Å². The van der Waals surface area contributed by atoms with Gasteiger partial charge in [0.25, 0.3) is 0 Å². The first-order valence-electron chi connectivity index (χ1n) is 6.71. The lowest BCUT2D eigenvalue weighted by atomic mass is 9.79. The summed E-state index contributed by atoms with van der Waals surface area (Å²) in [4.78, 5) is 4.11. The molecule has 0 aliphatic heterocycles. The Morgan fingerprint density at radius 2 is 2.06 bits per heavy atom. The quantitative estimate of drug-likeness (QED) is 0.884. The molecule has 1 fully saturated rings. The molecule has 1 atom stereocenters. The van der Waals surface area contributed by atoms with E-state index in [-0.39, 0.29) is 0 Å². The zero-order valence-electron chi connectivity index (χ0n) is 10.7. The number of aliphatic hydroxyl groups excluding tert-OH is 1. The van der Waals surface area contributed by atoms with E-state index < -0.39 is 6.10 Å². The Kier molecular flexibility index (Phi) is 3.04. The molecule has 18 heavy (non-hydrogen) atoms. The van der Waals surface area contributed by atoms with E-state index in [0.29, 0.717) is 5.92 Å². The fourth-order valence-electron chi connectivity index (χ4n) is 2.94. The number of fused-ring (bicyclic) bond motifs is 1. The van der Waals surface area contributed by atoms with Gasteiger partial charge < -0.3 is 5.11 Å². The number of aromatic nitrogens is 3. The number of hydrogen-bond donors (Lipinski definition) is 1. The lowest BCUT2D eigenvalue weighted by molar-refractivity contribution is 0.0766. The second kappa shape index (κ2) is 4.69. The highest BCUT2D eigenvalue weighted by molar-refractivity contribution is 5.52. The maximum absolute atomic E-state index is 10.5. The van der Waals surface area contributed by atoms with Gasteiger partial charge in [0.2, 0.25) is 0 Å². The molecular weight excluding hydrogens is 226 g/mol. The van der Waals surface area contributed by atoms with E-state index in [1.807, 2.05) is 6.20 Å². The maximum Gasteiger partial charge on any atom is 0.0903 e. The molecular formula is C14H19N3O. The Morgan fingerprint density at radius 1 is 1.28 bits per heavy atom. The molecule has 3 rings (SSSR count). The summed E-state index contributed by atoms with van der Waals surface area (Å²) >= 11 is 0. The van der Waals surface area contributed by atoms with Gasteiger partial charge >= 0.3 is 0 Å². The standard InChI is InChI=1S/C14H19N3O/c1-10-2-4-11(5-3-10)14(18)12-8-16-17-7-6-15-9-13(12)17/h6-11,14,18H,2-5H2,1H3. The lowest BCUT2D eigenvalue weighted by Gasteiger charge is -2.29. The van der Waals surface area contributed by atoms with Gasteiger partial charge in [0.05, 0.1) is 24.0 Å². The van der Waals surface area contributed by atoms with E-state index in [9.17, 15) is 5.11 Å². The summed E-state index contributed by atoms with van der Waals surface area (Å²) in [5.41, 5.74) is 1.84. The molecule has 2 heterocycles. The Morgan fingerprint density at radius 3 is 2.83 bits per heavy atom.